The molecule has 1 rings (SSSR count). The van der Waals surface area contributed by atoms with Crippen molar-refractivity contribution in [1.29, 1.82) is 0 Å². The van der Waals surface area contributed by atoms with Gasteiger partial charge in [-0.1, -0.05) is 41.0 Å². The van der Waals surface area contributed by atoms with E-state index in [-0.39, 0.29) is 0 Å². The van der Waals surface area contributed by atoms with Crippen molar-refractivity contribution < 1.29 is 0 Å². The highest BCUT2D eigenvalue weighted by atomic mass is 14.4. The summed E-state index contributed by atoms with van der Waals surface area (Å²) < 4.78 is 0. The molecule has 0 nitrogen and oxygen atoms in total. The molecule has 0 heteroatoms. The molecule has 0 bridgehead atoms. The SMILES string of the molecule is CCC1CC(C)(C)CC(C)(C)C1. The molecular formula is C12H24. The van der Waals surface area contributed by atoms with Crippen molar-refractivity contribution in [3.63, 3.8) is 0 Å². The summed E-state index contributed by atoms with van der Waals surface area (Å²) in [4.78, 5) is 0. The summed E-state index contributed by atoms with van der Waals surface area (Å²) in [7, 11) is 0. The highest BCUT2D eigenvalue weighted by Crippen LogP contribution is 2.48. The second-order valence-corrected chi connectivity index (χ2v) is 6.19. The van der Waals surface area contributed by atoms with Gasteiger partial charge in [-0.15, -0.1) is 0 Å². The van der Waals surface area contributed by atoms with Crippen LogP contribution in [0.25, 0.3) is 0 Å². The molecule has 0 radical (unpaired) electrons. The van der Waals surface area contributed by atoms with Gasteiger partial charge in [0.05, 0.1) is 0 Å². The van der Waals surface area contributed by atoms with Crippen LogP contribution in [-0.4, -0.2) is 0 Å². The van der Waals surface area contributed by atoms with Gasteiger partial charge in [-0.3, -0.25) is 0 Å². The average Bonchev–Trinajstić information content (AvgIpc) is 1.80. The first kappa shape index (κ1) is 10.1. The number of hydrogen-bond donors (Lipinski definition) is 0. The van der Waals surface area contributed by atoms with E-state index in [1.165, 1.54) is 25.7 Å². The minimum atomic E-state index is 0.586. The lowest BCUT2D eigenvalue weighted by molar-refractivity contribution is 0.0660. The van der Waals surface area contributed by atoms with Crippen molar-refractivity contribution in [1.82, 2.24) is 0 Å². The normalized spacial score (nSPS) is 28.8. The zero-order valence-corrected chi connectivity index (χ0v) is 9.41. The zero-order valence-electron chi connectivity index (χ0n) is 9.41. The van der Waals surface area contributed by atoms with Gasteiger partial charge >= 0.3 is 0 Å². The lowest BCUT2D eigenvalue weighted by atomic mass is 9.61. The minimum Gasteiger partial charge on any atom is -0.0651 e. The second-order valence-electron chi connectivity index (χ2n) is 6.19. The molecule has 0 unspecified atom stereocenters. The summed E-state index contributed by atoms with van der Waals surface area (Å²) >= 11 is 0. The Balaban J connectivity index is 2.66. The van der Waals surface area contributed by atoms with Gasteiger partial charge < -0.3 is 0 Å². The minimum absolute atomic E-state index is 0.586. The van der Waals surface area contributed by atoms with E-state index in [0.29, 0.717) is 10.8 Å². The third-order valence-corrected chi connectivity index (χ3v) is 3.22. The van der Waals surface area contributed by atoms with E-state index >= 15 is 0 Å². The Hall–Kier alpha value is 0. The summed E-state index contributed by atoms with van der Waals surface area (Å²) in [6.45, 7) is 12.0. The van der Waals surface area contributed by atoms with Crippen LogP contribution < -0.4 is 0 Å². The molecule has 0 aromatic heterocycles. The van der Waals surface area contributed by atoms with E-state index in [0.717, 1.165) is 5.92 Å². The van der Waals surface area contributed by atoms with Crippen molar-refractivity contribution in [2.24, 2.45) is 16.7 Å². The van der Waals surface area contributed by atoms with E-state index in [2.05, 4.69) is 34.6 Å². The standard InChI is InChI=1S/C12H24/c1-6-10-7-11(2,3)9-12(4,5)8-10/h10H,6-9H2,1-5H3. The summed E-state index contributed by atoms with van der Waals surface area (Å²) in [5.74, 6) is 0.976. The van der Waals surface area contributed by atoms with Gasteiger partial charge in [0.25, 0.3) is 0 Å². The van der Waals surface area contributed by atoms with Crippen LogP contribution in [0.2, 0.25) is 0 Å². The molecule has 12 heavy (non-hydrogen) atoms. The Labute approximate surface area is 77.7 Å². The number of hydrogen-bond acceptors (Lipinski definition) is 0. The van der Waals surface area contributed by atoms with E-state index in [1.54, 1.807) is 0 Å². The van der Waals surface area contributed by atoms with Crippen LogP contribution in [0.4, 0.5) is 0 Å². The first-order valence-corrected chi connectivity index (χ1v) is 5.35. The Morgan fingerprint density at radius 1 is 1.00 bits per heavy atom. The lowest BCUT2D eigenvalue weighted by Crippen LogP contribution is -2.33. The molecule has 0 heterocycles. The smallest absolute Gasteiger partial charge is 0.0347 e. The Morgan fingerprint density at radius 2 is 1.42 bits per heavy atom. The summed E-state index contributed by atoms with van der Waals surface area (Å²) in [6.07, 6.45) is 5.64. The first-order valence-electron chi connectivity index (χ1n) is 5.35. The highest BCUT2D eigenvalue weighted by Gasteiger charge is 2.37. The molecule has 0 saturated heterocycles. The lowest BCUT2D eigenvalue weighted by Gasteiger charge is -2.44. The van der Waals surface area contributed by atoms with Gasteiger partial charge in [0.15, 0.2) is 0 Å². The topological polar surface area (TPSA) is 0 Å². The first-order chi connectivity index (χ1) is 5.35. The van der Waals surface area contributed by atoms with E-state index in [1.807, 2.05) is 0 Å². The molecule has 0 aromatic rings. The van der Waals surface area contributed by atoms with Gasteiger partial charge in [0.2, 0.25) is 0 Å². The van der Waals surface area contributed by atoms with Crippen LogP contribution in [0.3, 0.4) is 0 Å². The maximum absolute atomic E-state index is 2.43. The van der Waals surface area contributed by atoms with Crippen LogP contribution >= 0.6 is 0 Å². The van der Waals surface area contributed by atoms with E-state index < -0.39 is 0 Å². The van der Waals surface area contributed by atoms with Crippen LogP contribution in [-0.2, 0) is 0 Å². The van der Waals surface area contributed by atoms with Crippen molar-refractivity contribution in [2.45, 2.75) is 60.3 Å². The molecular weight excluding hydrogens is 144 g/mol. The summed E-state index contributed by atoms with van der Waals surface area (Å²) in [6, 6.07) is 0. The van der Waals surface area contributed by atoms with Gasteiger partial charge in [-0.05, 0) is 36.0 Å². The van der Waals surface area contributed by atoms with Crippen LogP contribution in [0.15, 0.2) is 0 Å². The van der Waals surface area contributed by atoms with Crippen LogP contribution in [0, 0.1) is 16.7 Å². The molecule has 1 saturated carbocycles. The second kappa shape index (κ2) is 3.05. The predicted molar refractivity (Wildman–Crippen MR) is 55.2 cm³/mol. The average molecular weight is 168 g/mol. The highest BCUT2D eigenvalue weighted by molar-refractivity contribution is 4.88. The molecule has 0 aliphatic heterocycles. The van der Waals surface area contributed by atoms with Gasteiger partial charge in [0, 0.05) is 0 Å². The molecule has 1 aliphatic rings. The van der Waals surface area contributed by atoms with Crippen LogP contribution in [0.5, 0.6) is 0 Å². The molecule has 0 atom stereocenters. The fraction of sp³-hybridized carbons (Fsp3) is 1.00. The molecule has 0 aromatic carbocycles. The number of rotatable bonds is 1. The Kier molecular flexibility index (Phi) is 2.56. The predicted octanol–water partition coefficient (Wildman–Crippen LogP) is 4.25. The zero-order chi connectivity index (χ0) is 9.41. The fourth-order valence-corrected chi connectivity index (χ4v) is 3.36. The van der Waals surface area contributed by atoms with Crippen LogP contribution in [0.1, 0.15) is 60.3 Å². The molecule has 0 spiro atoms. The van der Waals surface area contributed by atoms with Crippen molar-refractivity contribution in [3.05, 3.63) is 0 Å². The largest absolute Gasteiger partial charge is 0.0651 e. The maximum Gasteiger partial charge on any atom is -0.0347 e. The molecule has 1 aliphatic carbocycles. The van der Waals surface area contributed by atoms with Gasteiger partial charge in [-0.2, -0.15) is 0 Å². The Bertz CT molecular complexity index is 137. The van der Waals surface area contributed by atoms with Gasteiger partial charge in [-0.25, -0.2) is 0 Å². The third kappa shape index (κ3) is 2.50. The molecule has 0 amide bonds. The maximum atomic E-state index is 2.43. The van der Waals surface area contributed by atoms with Crippen molar-refractivity contribution >= 4 is 0 Å². The van der Waals surface area contributed by atoms with Gasteiger partial charge in [0.1, 0.15) is 0 Å². The molecule has 1 fully saturated rings. The summed E-state index contributed by atoms with van der Waals surface area (Å²) in [5, 5.41) is 0. The van der Waals surface area contributed by atoms with Crippen molar-refractivity contribution in [2.75, 3.05) is 0 Å². The summed E-state index contributed by atoms with van der Waals surface area (Å²) in [5.41, 5.74) is 1.17. The quantitative estimate of drug-likeness (QED) is 0.549. The molecule has 0 N–H and O–H groups in total. The third-order valence-electron chi connectivity index (χ3n) is 3.22. The fourth-order valence-electron chi connectivity index (χ4n) is 3.36. The Morgan fingerprint density at radius 3 is 1.75 bits per heavy atom. The molecule has 72 valence electrons. The monoisotopic (exact) mass is 168 g/mol. The van der Waals surface area contributed by atoms with Crippen molar-refractivity contribution in [3.8, 4) is 0 Å². The van der Waals surface area contributed by atoms with E-state index in [9.17, 15) is 0 Å². The van der Waals surface area contributed by atoms with E-state index in [4.69, 9.17) is 0 Å².